The number of benzene rings is 2. The van der Waals surface area contributed by atoms with E-state index in [1.807, 2.05) is 64.1 Å². The lowest BCUT2D eigenvalue weighted by molar-refractivity contribution is 0.414. The summed E-state index contributed by atoms with van der Waals surface area (Å²) in [7, 11) is -2.28. The van der Waals surface area contributed by atoms with Crippen LogP contribution in [0.25, 0.3) is 0 Å². The quantitative estimate of drug-likeness (QED) is 0.427. The van der Waals surface area contributed by atoms with Gasteiger partial charge in [-0.25, -0.2) is 0 Å². The summed E-state index contributed by atoms with van der Waals surface area (Å²) in [5.41, 5.74) is 4.07. The van der Waals surface area contributed by atoms with E-state index in [0.717, 1.165) is 22.3 Å². The molecule has 0 fully saturated rings. The van der Waals surface area contributed by atoms with Crippen molar-refractivity contribution in [1.29, 1.82) is 0 Å². The highest BCUT2D eigenvalue weighted by atomic mass is 32.2. The van der Waals surface area contributed by atoms with Crippen LogP contribution in [0.4, 0.5) is 0 Å². The largest absolute Gasteiger partial charge is 0.496 e. The van der Waals surface area contributed by atoms with E-state index in [2.05, 4.69) is 23.8 Å². The lowest BCUT2D eigenvalue weighted by Crippen LogP contribution is -2.24. The number of nitrogens with one attached hydrogen (secondary N) is 1. The van der Waals surface area contributed by atoms with Gasteiger partial charge in [-0.15, -0.1) is 0 Å². The van der Waals surface area contributed by atoms with E-state index < -0.39 is 10.0 Å². The first kappa shape index (κ1) is 23.9. The monoisotopic (exact) mass is 430 g/mol. The Bertz CT molecular complexity index is 993. The topological polar surface area (TPSA) is 67.8 Å². The zero-order valence-corrected chi connectivity index (χ0v) is 20.1. The van der Waals surface area contributed by atoms with Gasteiger partial charge in [-0.3, -0.25) is 0 Å². The van der Waals surface area contributed by atoms with Gasteiger partial charge in [0, 0.05) is 5.56 Å². The number of sulfonamides is 1. The molecule has 2 aromatic carbocycles. The second-order valence-electron chi connectivity index (χ2n) is 8.48. The van der Waals surface area contributed by atoms with Gasteiger partial charge < -0.3 is 4.74 Å². The molecule has 0 unspecified atom stereocenters. The van der Waals surface area contributed by atoms with E-state index in [-0.39, 0.29) is 11.8 Å². The van der Waals surface area contributed by atoms with Crippen LogP contribution in [0.15, 0.2) is 46.4 Å². The average molecular weight is 431 g/mol. The zero-order chi connectivity index (χ0) is 22.6. The number of para-hydroxylation sites is 1. The number of methoxy groups -OCH3 is 1. The van der Waals surface area contributed by atoms with E-state index in [0.29, 0.717) is 22.3 Å². The predicted molar refractivity (Wildman–Crippen MR) is 124 cm³/mol. The van der Waals surface area contributed by atoms with Crippen LogP contribution in [0.3, 0.4) is 0 Å². The number of nitrogens with zero attached hydrogens (tertiary/aromatic N) is 1. The molecule has 30 heavy (non-hydrogen) atoms. The van der Waals surface area contributed by atoms with Crippen LogP contribution < -0.4 is 9.57 Å². The van der Waals surface area contributed by atoms with Crippen LogP contribution >= 0.6 is 0 Å². The van der Waals surface area contributed by atoms with Gasteiger partial charge in [0.1, 0.15) is 5.75 Å². The molecule has 0 radical (unpaired) electrons. The van der Waals surface area contributed by atoms with Gasteiger partial charge in [0.2, 0.25) is 0 Å². The molecule has 0 spiro atoms. The van der Waals surface area contributed by atoms with Gasteiger partial charge >= 0.3 is 0 Å². The lowest BCUT2D eigenvalue weighted by atomic mass is 9.89. The van der Waals surface area contributed by atoms with Crippen LogP contribution in [0.5, 0.6) is 5.75 Å². The van der Waals surface area contributed by atoms with Gasteiger partial charge in [-0.05, 0) is 53.5 Å². The fourth-order valence-electron chi connectivity index (χ4n) is 3.38. The van der Waals surface area contributed by atoms with Crippen molar-refractivity contribution in [3.8, 4) is 5.75 Å². The summed E-state index contributed by atoms with van der Waals surface area (Å²) in [6.45, 7) is 14.1. The van der Waals surface area contributed by atoms with E-state index in [9.17, 15) is 8.42 Å². The van der Waals surface area contributed by atoms with Crippen molar-refractivity contribution in [2.45, 2.75) is 71.1 Å². The predicted octanol–water partition coefficient (Wildman–Crippen LogP) is 5.77. The summed E-state index contributed by atoms with van der Waals surface area (Å²) in [6, 6.07) is 11.4. The molecule has 0 amide bonds. The Hall–Kier alpha value is -2.34. The smallest absolute Gasteiger partial charge is 0.277 e. The second-order valence-corrected chi connectivity index (χ2v) is 10.1. The first-order chi connectivity index (χ1) is 14.0. The minimum atomic E-state index is -3.86. The Balaban J connectivity index is 2.58. The zero-order valence-electron chi connectivity index (χ0n) is 19.3. The van der Waals surface area contributed by atoms with Gasteiger partial charge in [0.05, 0.1) is 17.7 Å². The Morgan fingerprint density at radius 2 is 1.47 bits per heavy atom. The molecule has 0 aromatic heterocycles. The fourth-order valence-corrected chi connectivity index (χ4v) is 4.94. The number of hydrogen-bond acceptors (Lipinski definition) is 4. The van der Waals surface area contributed by atoms with Crippen LogP contribution in [0.2, 0.25) is 0 Å². The molecule has 0 saturated heterocycles. The molecule has 164 valence electrons. The summed E-state index contributed by atoms with van der Waals surface area (Å²) in [5.74, 6) is 1.08. The third kappa shape index (κ3) is 5.22. The van der Waals surface area contributed by atoms with Crippen LogP contribution in [0, 0.1) is 0 Å². The Morgan fingerprint density at radius 1 is 0.933 bits per heavy atom. The molecular formula is C24H34N2O3S. The SMILES string of the molecule is COc1ccccc1/C(C)=N/NS(=O)(=O)c1c(C(C)C)cc(C(C)C)cc1C(C)C. The molecule has 5 nitrogen and oxygen atoms in total. The van der Waals surface area contributed by atoms with Gasteiger partial charge in [-0.2, -0.15) is 18.4 Å². The lowest BCUT2D eigenvalue weighted by Gasteiger charge is -2.22. The van der Waals surface area contributed by atoms with E-state index >= 15 is 0 Å². The number of hydrogen-bond donors (Lipinski definition) is 1. The van der Waals surface area contributed by atoms with Crippen molar-refractivity contribution >= 4 is 15.7 Å². The molecule has 0 atom stereocenters. The van der Waals surface area contributed by atoms with Crippen molar-refractivity contribution in [2.75, 3.05) is 7.11 Å². The highest BCUT2D eigenvalue weighted by Crippen LogP contribution is 2.35. The van der Waals surface area contributed by atoms with Crippen LogP contribution in [-0.4, -0.2) is 21.2 Å². The summed E-state index contributed by atoms with van der Waals surface area (Å²) >= 11 is 0. The van der Waals surface area contributed by atoms with Gasteiger partial charge in [0.15, 0.2) is 0 Å². The molecule has 0 bridgehead atoms. The Morgan fingerprint density at radius 3 is 1.93 bits per heavy atom. The van der Waals surface area contributed by atoms with Crippen LogP contribution in [0.1, 0.15) is 88.5 Å². The minimum absolute atomic E-state index is 0.0621. The van der Waals surface area contributed by atoms with E-state index in [4.69, 9.17) is 4.74 Å². The van der Waals surface area contributed by atoms with Crippen molar-refractivity contribution in [2.24, 2.45) is 5.10 Å². The first-order valence-electron chi connectivity index (χ1n) is 10.4. The summed E-state index contributed by atoms with van der Waals surface area (Å²) in [4.78, 5) is 2.81. The maximum absolute atomic E-state index is 13.4. The molecule has 0 aliphatic carbocycles. The third-order valence-electron chi connectivity index (χ3n) is 5.18. The maximum Gasteiger partial charge on any atom is 0.277 e. The van der Waals surface area contributed by atoms with Crippen molar-refractivity contribution in [3.05, 3.63) is 58.7 Å². The van der Waals surface area contributed by atoms with Crippen LogP contribution in [-0.2, 0) is 10.0 Å². The highest BCUT2D eigenvalue weighted by molar-refractivity contribution is 7.89. The molecule has 0 aliphatic heterocycles. The van der Waals surface area contributed by atoms with Gasteiger partial charge in [0.25, 0.3) is 10.0 Å². The van der Waals surface area contributed by atoms with Crippen molar-refractivity contribution < 1.29 is 13.2 Å². The number of rotatable bonds is 8. The molecule has 0 saturated carbocycles. The summed E-state index contributed by atoms with van der Waals surface area (Å²) in [5, 5.41) is 4.21. The molecule has 6 heteroatoms. The highest BCUT2D eigenvalue weighted by Gasteiger charge is 2.27. The van der Waals surface area contributed by atoms with Gasteiger partial charge in [-0.1, -0.05) is 65.8 Å². The number of hydrazone groups is 1. The maximum atomic E-state index is 13.4. The normalized spacial score (nSPS) is 12.7. The van der Waals surface area contributed by atoms with Crippen molar-refractivity contribution in [3.63, 3.8) is 0 Å². The molecular weight excluding hydrogens is 396 g/mol. The summed E-state index contributed by atoms with van der Waals surface area (Å²) < 4.78 is 32.2. The second kappa shape index (κ2) is 9.65. The third-order valence-corrected chi connectivity index (χ3v) is 6.52. The standard InChI is InChI=1S/C24H34N2O3S/c1-15(2)19-13-21(16(3)4)24(22(14-19)17(5)6)30(27,28)26-25-18(7)20-11-9-10-12-23(20)29-8/h9-17,26H,1-8H3/b25-18+. The molecule has 0 heterocycles. The Kier molecular flexibility index (Phi) is 7.70. The van der Waals surface area contributed by atoms with Crippen molar-refractivity contribution in [1.82, 2.24) is 4.83 Å². The van der Waals surface area contributed by atoms with E-state index in [1.165, 1.54) is 0 Å². The molecule has 2 aromatic rings. The Labute approximate surface area is 181 Å². The first-order valence-corrected chi connectivity index (χ1v) is 11.8. The average Bonchev–Trinajstić information content (AvgIpc) is 2.70. The number of ether oxygens (including phenoxy) is 1. The molecule has 1 N–H and O–H groups in total. The van der Waals surface area contributed by atoms with E-state index in [1.54, 1.807) is 14.0 Å². The minimum Gasteiger partial charge on any atom is -0.496 e. The molecule has 0 aliphatic rings. The summed E-state index contributed by atoms with van der Waals surface area (Å²) in [6.07, 6.45) is 0. The fraction of sp³-hybridized carbons (Fsp3) is 0.458. The molecule has 2 rings (SSSR count).